The quantitative estimate of drug-likeness (QED) is 0.341. The van der Waals surface area contributed by atoms with E-state index in [-0.39, 0.29) is 24.5 Å². The maximum atomic E-state index is 11.8. The van der Waals surface area contributed by atoms with E-state index in [4.69, 9.17) is 9.47 Å². The zero-order valence-corrected chi connectivity index (χ0v) is 11.2. The van der Waals surface area contributed by atoms with Crippen LogP contribution in [0.15, 0.2) is 24.3 Å². The van der Waals surface area contributed by atoms with Crippen LogP contribution in [0.1, 0.15) is 25.3 Å². The van der Waals surface area contributed by atoms with Gasteiger partial charge < -0.3 is 9.47 Å². The van der Waals surface area contributed by atoms with E-state index < -0.39 is 22.8 Å². The molecule has 0 saturated carbocycles. The predicted octanol–water partition coefficient (Wildman–Crippen LogP) is 1.80. The van der Waals surface area contributed by atoms with Crippen LogP contribution in [0.5, 0.6) is 0 Å². The van der Waals surface area contributed by atoms with E-state index in [2.05, 4.69) is 0 Å². The molecule has 0 saturated heterocycles. The molecule has 20 heavy (non-hydrogen) atoms. The van der Waals surface area contributed by atoms with Crippen LogP contribution in [0.3, 0.4) is 0 Å². The fourth-order valence-corrected chi connectivity index (χ4v) is 1.64. The molecule has 0 spiro atoms. The number of non-ortho nitro benzene ring substituents is 1. The molecule has 0 unspecified atom stereocenters. The Labute approximate surface area is 115 Å². The van der Waals surface area contributed by atoms with Gasteiger partial charge in [0.15, 0.2) is 5.92 Å². The number of benzene rings is 1. The monoisotopic (exact) mass is 281 g/mol. The van der Waals surface area contributed by atoms with Gasteiger partial charge in [0, 0.05) is 12.1 Å². The Balaban J connectivity index is 3.15. The standard InChI is InChI=1S/C13H15NO6/c1-3-19-12(15)11(13(16)20-4-2)9-6-5-7-10(8-9)14(17)18/h5-8,11H,3-4H2,1-2H3. The number of nitro benzene ring substituents is 1. The first-order valence-electron chi connectivity index (χ1n) is 6.08. The van der Waals surface area contributed by atoms with E-state index in [1.54, 1.807) is 13.8 Å². The zero-order chi connectivity index (χ0) is 15.1. The van der Waals surface area contributed by atoms with Gasteiger partial charge in [-0.1, -0.05) is 12.1 Å². The summed E-state index contributed by atoms with van der Waals surface area (Å²) in [5.41, 5.74) is -0.0304. The minimum absolute atomic E-state index is 0.101. The average Bonchev–Trinajstić information content (AvgIpc) is 2.40. The molecule has 0 heterocycles. The Bertz CT molecular complexity index is 495. The molecule has 0 atom stereocenters. The molecule has 1 aromatic rings. The van der Waals surface area contributed by atoms with Crippen LogP contribution in [0.2, 0.25) is 0 Å². The normalized spacial score (nSPS) is 10.2. The maximum absolute atomic E-state index is 11.8. The average molecular weight is 281 g/mol. The number of carbonyl (C=O) groups is 2. The van der Waals surface area contributed by atoms with E-state index in [9.17, 15) is 19.7 Å². The first-order valence-corrected chi connectivity index (χ1v) is 6.08. The van der Waals surface area contributed by atoms with E-state index in [0.29, 0.717) is 0 Å². The molecular formula is C13H15NO6. The second kappa shape index (κ2) is 7.22. The summed E-state index contributed by atoms with van der Waals surface area (Å²) in [5, 5.41) is 10.7. The van der Waals surface area contributed by atoms with Crippen molar-refractivity contribution in [3.8, 4) is 0 Å². The lowest BCUT2D eigenvalue weighted by molar-refractivity contribution is -0.384. The van der Waals surface area contributed by atoms with Crippen LogP contribution in [0.4, 0.5) is 5.69 Å². The molecule has 0 fully saturated rings. The lowest BCUT2D eigenvalue weighted by atomic mass is 9.99. The van der Waals surface area contributed by atoms with Crippen LogP contribution in [0, 0.1) is 10.1 Å². The molecule has 7 heteroatoms. The predicted molar refractivity (Wildman–Crippen MR) is 69.1 cm³/mol. The fraction of sp³-hybridized carbons (Fsp3) is 0.385. The van der Waals surface area contributed by atoms with Crippen molar-refractivity contribution < 1.29 is 24.0 Å². The van der Waals surface area contributed by atoms with Gasteiger partial charge in [-0.25, -0.2) is 0 Å². The van der Waals surface area contributed by atoms with Crippen molar-refractivity contribution in [2.24, 2.45) is 0 Å². The molecule has 7 nitrogen and oxygen atoms in total. The van der Waals surface area contributed by atoms with Gasteiger partial charge >= 0.3 is 11.9 Å². The summed E-state index contributed by atoms with van der Waals surface area (Å²) < 4.78 is 9.63. The number of hydrogen-bond acceptors (Lipinski definition) is 6. The molecule has 1 rings (SSSR count). The largest absolute Gasteiger partial charge is 0.465 e. The molecule has 1 aromatic carbocycles. The Morgan fingerprint density at radius 3 is 2.20 bits per heavy atom. The Morgan fingerprint density at radius 2 is 1.75 bits per heavy atom. The van der Waals surface area contributed by atoms with Gasteiger partial charge in [-0.3, -0.25) is 19.7 Å². The molecule has 108 valence electrons. The first kappa shape index (κ1) is 15.6. The Morgan fingerprint density at radius 1 is 1.20 bits per heavy atom. The maximum Gasteiger partial charge on any atom is 0.324 e. The summed E-state index contributed by atoms with van der Waals surface area (Å²) in [7, 11) is 0. The third-order valence-electron chi connectivity index (χ3n) is 2.46. The highest BCUT2D eigenvalue weighted by Crippen LogP contribution is 2.23. The van der Waals surface area contributed by atoms with Crippen LogP contribution in [0.25, 0.3) is 0 Å². The Hall–Kier alpha value is -2.44. The van der Waals surface area contributed by atoms with Crippen LogP contribution >= 0.6 is 0 Å². The summed E-state index contributed by atoms with van der Waals surface area (Å²) in [4.78, 5) is 33.8. The second-order valence-electron chi connectivity index (χ2n) is 3.79. The number of carbonyl (C=O) groups excluding carboxylic acids is 2. The van der Waals surface area contributed by atoms with Crippen molar-refractivity contribution in [2.45, 2.75) is 19.8 Å². The van der Waals surface area contributed by atoms with E-state index in [0.717, 1.165) is 0 Å². The van der Waals surface area contributed by atoms with Crippen LogP contribution in [-0.4, -0.2) is 30.1 Å². The molecule has 0 aliphatic rings. The number of ether oxygens (including phenoxy) is 2. The number of hydrogen-bond donors (Lipinski definition) is 0. The third-order valence-corrected chi connectivity index (χ3v) is 2.46. The number of rotatable bonds is 6. The van der Waals surface area contributed by atoms with E-state index in [1.165, 1.54) is 24.3 Å². The topological polar surface area (TPSA) is 95.7 Å². The molecule has 0 radical (unpaired) electrons. The van der Waals surface area contributed by atoms with E-state index in [1.807, 2.05) is 0 Å². The van der Waals surface area contributed by atoms with Crippen LogP contribution in [-0.2, 0) is 19.1 Å². The summed E-state index contributed by atoms with van der Waals surface area (Å²) in [6.07, 6.45) is 0. The van der Waals surface area contributed by atoms with Crippen molar-refractivity contribution in [3.63, 3.8) is 0 Å². The molecule has 0 amide bonds. The lowest BCUT2D eigenvalue weighted by Gasteiger charge is -2.14. The molecule has 0 aliphatic heterocycles. The van der Waals surface area contributed by atoms with Crippen LogP contribution < -0.4 is 0 Å². The van der Waals surface area contributed by atoms with Gasteiger partial charge in [-0.05, 0) is 19.4 Å². The van der Waals surface area contributed by atoms with Crippen molar-refractivity contribution >= 4 is 17.6 Å². The molecule has 0 aliphatic carbocycles. The van der Waals surface area contributed by atoms with Crippen molar-refractivity contribution in [2.75, 3.05) is 13.2 Å². The number of esters is 2. The molecule has 0 N–H and O–H groups in total. The smallest absolute Gasteiger partial charge is 0.324 e. The first-order chi connectivity index (χ1) is 9.51. The van der Waals surface area contributed by atoms with Gasteiger partial charge in [-0.2, -0.15) is 0 Å². The Kier molecular flexibility index (Phi) is 5.64. The number of nitrogens with zero attached hydrogens (tertiary/aromatic N) is 1. The summed E-state index contributed by atoms with van der Waals surface area (Å²) >= 11 is 0. The summed E-state index contributed by atoms with van der Waals surface area (Å²) in [5.74, 6) is -2.88. The highest BCUT2D eigenvalue weighted by Gasteiger charge is 2.32. The van der Waals surface area contributed by atoms with Crippen molar-refractivity contribution in [3.05, 3.63) is 39.9 Å². The minimum Gasteiger partial charge on any atom is -0.465 e. The van der Waals surface area contributed by atoms with Gasteiger partial charge in [-0.15, -0.1) is 0 Å². The highest BCUT2D eigenvalue weighted by atomic mass is 16.6. The van der Waals surface area contributed by atoms with Gasteiger partial charge in [0.25, 0.3) is 5.69 Å². The van der Waals surface area contributed by atoms with Gasteiger partial charge in [0.2, 0.25) is 0 Å². The SMILES string of the molecule is CCOC(=O)C(C(=O)OCC)c1cccc([N+](=O)[O-])c1. The minimum atomic E-state index is -1.31. The summed E-state index contributed by atoms with van der Waals surface area (Å²) in [6.45, 7) is 3.41. The molecule has 0 aromatic heterocycles. The summed E-state index contributed by atoms with van der Waals surface area (Å²) in [6, 6.07) is 5.29. The van der Waals surface area contributed by atoms with E-state index >= 15 is 0 Å². The van der Waals surface area contributed by atoms with Gasteiger partial charge in [0.05, 0.1) is 18.1 Å². The second-order valence-corrected chi connectivity index (χ2v) is 3.79. The van der Waals surface area contributed by atoms with Crippen molar-refractivity contribution in [1.82, 2.24) is 0 Å². The lowest BCUT2D eigenvalue weighted by Crippen LogP contribution is -2.26. The van der Waals surface area contributed by atoms with Crippen molar-refractivity contribution in [1.29, 1.82) is 0 Å². The fourth-order valence-electron chi connectivity index (χ4n) is 1.64. The molecule has 0 bridgehead atoms. The zero-order valence-electron chi connectivity index (χ0n) is 11.2. The highest BCUT2D eigenvalue weighted by molar-refractivity contribution is 6.00. The third kappa shape index (κ3) is 3.78. The van der Waals surface area contributed by atoms with Gasteiger partial charge in [0.1, 0.15) is 0 Å². The molecular weight excluding hydrogens is 266 g/mol. The number of nitro groups is 1.